The van der Waals surface area contributed by atoms with Gasteiger partial charge in [0.15, 0.2) is 0 Å². The maximum atomic E-state index is 13.2. The van der Waals surface area contributed by atoms with Gasteiger partial charge in [0.1, 0.15) is 10.7 Å². The Labute approximate surface area is 120 Å². The predicted molar refractivity (Wildman–Crippen MR) is 70.1 cm³/mol. The van der Waals surface area contributed by atoms with Gasteiger partial charge >= 0.3 is 5.51 Å². The van der Waals surface area contributed by atoms with Crippen LogP contribution in [0.1, 0.15) is 26.2 Å². The van der Waals surface area contributed by atoms with Crippen LogP contribution >= 0.6 is 0 Å². The SMILES string of the molecule is CCCC1CC1Nc1ccc(F)cc1S(=O)(=O)C(F)(F)F. The summed E-state index contributed by atoms with van der Waals surface area (Å²) in [4.78, 5) is -1.06. The van der Waals surface area contributed by atoms with Gasteiger partial charge in [0.25, 0.3) is 9.84 Å². The third-order valence-corrected chi connectivity index (χ3v) is 4.99. The Kier molecular flexibility index (Phi) is 4.19. The standard InChI is InChI=1S/C13H15F4NO2S/c1-2-3-8-6-11(8)18-10-5-4-9(14)7-12(10)21(19,20)13(15,16)17/h4-5,7-8,11,18H,2-3,6H2,1H3. The molecular weight excluding hydrogens is 310 g/mol. The first-order valence-electron chi connectivity index (χ1n) is 6.54. The molecule has 1 aromatic rings. The summed E-state index contributed by atoms with van der Waals surface area (Å²) >= 11 is 0. The van der Waals surface area contributed by atoms with E-state index in [9.17, 15) is 26.0 Å². The van der Waals surface area contributed by atoms with Crippen LogP contribution in [0.2, 0.25) is 0 Å². The van der Waals surface area contributed by atoms with Crippen molar-refractivity contribution in [2.75, 3.05) is 5.32 Å². The largest absolute Gasteiger partial charge is 0.501 e. The molecule has 1 saturated carbocycles. The highest BCUT2D eigenvalue weighted by Gasteiger charge is 2.48. The zero-order chi connectivity index (χ0) is 15.8. The van der Waals surface area contributed by atoms with Crippen LogP contribution in [0.3, 0.4) is 0 Å². The quantitative estimate of drug-likeness (QED) is 0.839. The van der Waals surface area contributed by atoms with E-state index in [2.05, 4.69) is 5.32 Å². The molecule has 21 heavy (non-hydrogen) atoms. The fourth-order valence-corrected chi connectivity index (χ4v) is 3.21. The molecule has 1 fully saturated rings. The lowest BCUT2D eigenvalue weighted by Crippen LogP contribution is -2.25. The van der Waals surface area contributed by atoms with Crippen molar-refractivity contribution < 1.29 is 26.0 Å². The molecule has 1 N–H and O–H groups in total. The number of sulfone groups is 1. The fourth-order valence-electron chi connectivity index (χ4n) is 2.28. The number of hydrogen-bond acceptors (Lipinski definition) is 3. The molecule has 0 saturated heterocycles. The number of anilines is 1. The van der Waals surface area contributed by atoms with E-state index in [1.165, 1.54) is 0 Å². The van der Waals surface area contributed by atoms with Crippen molar-refractivity contribution >= 4 is 15.5 Å². The summed E-state index contributed by atoms with van der Waals surface area (Å²) < 4.78 is 74.1. The Morgan fingerprint density at radius 3 is 2.57 bits per heavy atom. The minimum Gasteiger partial charge on any atom is -0.381 e. The summed E-state index contributed by atoms with van der Waals surface area (Å²) in [6.07, 6.45) is 2.64. The van der Waals surface area contributed by atoms with Gasteiger partial charge < -0.3 is 5.32 Å². The van der Waals surface area contributed by atoms with Crippen LogP contribution in [-0.2, 0) is 9.84 Å². The van der Waals surface area contributed by atoms with E-state index >= 15 is 0 Å². The Morgan fingerprint density at radius 2 is 2.00 bits per heavy atom. The average Bonchev–Trinajstić information content (AvgIpc) is 3.08. The van der Waals surface area contributed by atoms with Crippen LogP contribution in [-0.4, -0.2) is 20.0 Å². The summed E-state index contributed by atoms with van der Waals surface area (Å²) in [6.45, 7) is 1.99. The highest BCUT2D eigenvalue weighted by molar-refractivity contribution is 7.92. The number of hydrogen-bond donors (Lipinski definition) is 1. The van der Waals surface area contributed by atoms with E-state index in [0.717, 1.165) is 31.4 Å². The van der Waals surface area contributed by atoms with E-state index in [0.29, 0.717) is 12.0 Å². The summed E-state index contributed by atoms with van der Waals surface area (Å²) in [5.41, 5.74) is -5.65. The molecule has 118 valence electrons. The first-order valence-corrected chi connectivity index (χ1v) is 8.02. The number of rotatable bonds is 5. The lowest BCUT2D eigenvalue weighted by molar-refractivity contribution is -0.0435. The van der Waals surface area contributed by atoms with E-state index in [4.69, 9.17) is 0 Å². The summed E-state index contributed by atoms with van der Waals surface area (Å²) in [7, 11) is -5.58. The lowest BCUT2D eigenvalue weighted by Gasteiger charge is -2.14. The molecule has 0 heterocycles. The molecule has 0 amide bonds. The molecule has 2 rings (SSSR count). The van der Waals surface area contributed by atoms with Crippen molar-refractivity contribution in [3.05, 3.63) is 24.0 Å². The Balaban J connectivity index is 2.32. The van der Waals surface area contributed by atoms with Crippen molar-refractivity contribution in [3.63, 3.8) is 0 Å². The number of nitrogens with one attached hydrogen (secondary N) is 1. The van der Waals surface area contributed by atoms with Gasteiger partial charge in [0.2, 0.25) is 0 Å². The number of halogens is 4. The van der Waals surface area contributed by atoms with E-state index < -0.39 is 26.1 Å². The third kappa shape index (κ3) is 3.30. The van der Waals surface area contributed by atoms with Gasteiger partial charge in [-0.2, -0.15) is 13.2 Å². The third-order valence-electron chi connectivity index (χ3n) is 3.46. The first kappa shape index (κ1) is 16.1. The molecule has 1 aromatic carbocycles. The first-order chi connectivity index (χ1) is 9.66. The van der Waals surface area contributed by atoms with Crippen LogP contribution in [0, 0.1) is 11.7 Å². The Hall–Kier alpha value is -1.31. The Morgan fingerprint density at radius 1 is 1.33 bits per heavy atom. The normalized spacial score (nSPS) is 22.1. The van der Waals surface area contributed by atoms with Crippen molar-refractivity contribution in [1.29, 1.82) is 0 Å². The molecule has 0 bridgehead atoms. The monoisotopic (exact) mass is 325 g/mol. The second kappa shape index (κ2) is 5.47. The number of alkyl halides is 3. The van der Waals surface area contributed by atoms with Crippen LogP contribution in [0.15, 0.2) is 23.1 Å². The molecule has 0 spiro atoms. The number of benzene rings is 1. The highest BCUT2D eigenvalue weighted by Crippen LogP contribution is 2.40. The van der Waals surface area contributed by atoms with Gasteiger partial charge in [0, 0.05) is 6.04 Å². The second-order valence-corrected chi connectivity index (χ2v) is 7.03. The maximum Gasteiger partial charge on any atom is 0.501 e. The van der Waals surface area contributed by atoms with Crippen molar-refractivity contribution in [3.8, 4) is 0 Å². The molecule has 3 nitrogen and oxygen atoms in total. The topological polar surface area (TPSA) is 46.2 Å². The van der Waals surface area contributed by atoms with Crippen LogP contribution in [0.5, 0.6) is 0 Å². The van der Waals surface area contributed by atoms with Gasteiger partial charge in [-0.15, -0.1) is 0 Å². The maximum absolute atomic E-state index is 13.2. The van der Waals surface area contributed by atoms with Crippen LogP contribution < -0.4 is 5.32 Å². The molecular formula is C13H15F4NO2S. The fraction of sp³-hybridized carbons (Fsp3) is 0.538. The average molecular weight is 325 g/mol. The van der Waals surface area contributed by atoms with E-state index in [1.807, 2.05) is 6.92 Å². The molecule has 0 aromatic heterocycles. The van der Waals surface area contributed by atoms with Gasteiger partial charge in [-0.1, -0.05) is 13.3 Å². The molecule has 2 unspecified atom stereocenters. The molecule has 8 heteroatoms. The second-order valence-electron chi connectivity index (χ2n) is 5.12. The zero-order valence-electron chi connectivity index (χ0n) is 11.2. The predicted octanol–water partition coefficient (Wildman–Crippen LogP) is 3.72. The molecule has 0 aliphatic heterocycles. The van der Waals surface area contributed by atoms with E-state index in [-0.39, 0.29) is 11.7 Å². The van der Waals surface area contributed by atoms with Gasteiger partial charge in [-0.3, -0.25) is 0 Å². The molecule has 1 aliphatic carbocycles. The summed E-state index contributed by atoms with van der Waals surface area (Å²) in [6, 6.07) is 2.32. The van der Waals surface area contributed by atoms with Gasteiger partial charge in [-0.25, -0.2) is 12.8 Å². The molecule has 0 radical (unpaired) electrons. The van der Waals surface area contributed by atoms with Crippen LogP contribution in [0.4, 0.5) is 23.2 Å². The van der Waals surface area contributed by atoms with E-state index in [1.54, 1.807) is 0 Å². The highest BCUT2D eigenvalue weighted by atomic mass is 32.2. The van der Waals surface area contributed by atoms with Gasteiger partial charge in [0.05, 0.1) is 5.69 Å². The van der Waals surface area contributed by atoms with Crippen molar-refractivity contribution in [2.24, 2.45) is 5.92 Å². The minimum atomic E-state index is -5.58. The Bertz CT molecular complexity index is 628. The molecule has 1 aliphatic rings. The van der Waals surface area contributed by atoms with Crippen LogP contribution in [0.25, 0.3) is 0 Å². The lowest BCUT2D eigenvalue weighted by atomic mass is 10.2. The van der Waals surface area contributed by atoms with Crippen molar-refractivity contribution in [1.82, 2.24) is 0 Å². The van der Waals surface area contributed by atoms with Gasteiger partial charge in [-0.05, 0) is 37.0 Å². The minimum absolute atomic E-state index is 0.0578. The smallest absolute Gasteiger partial charge is 0.381 e. The zero-order valence-corrected chi connectivity index (χ0v) is 12.1. The summed E-state index contributed by atoms with van der Waals surface area (Å²) in [5.74, 6) is -0.703. The molecule has 2 atom stereocenters. The van der Waals surface area contributed by atoms with Crippen molar-refractivity contribution in [2.45, 2.75) is 42.6 Å². The summed E-state index contributed by atoms with van der Waals surface area (Å²) in [5, 5.41) is 2.78.